The summed E-state index contributed by atoms with van der Waals surface area (Å²) in [6, 6.07) is 8.10. The maximum Gasteiger partial charge on any atom is 0.409 e. The highest BCUT2D eigenvalue weighted by Gasteiger charge is 2.25. The number of amides is 2. The molecule has 6 nitrogen and oxygen atoms in total. The molecule has 0 unspecified atom stereocenters. The zero-order valence-electron chi connectivity index (χ0n) is 15.0. The van der Waals surface area contributed by atoms with Crippen LogP contribution in [0, 0.1) is 6.92 Å². The van der Waals surface area contributed by atoms with E-state index in [9.17, 15) is 9.59 Å². The monoisotopic (exact) mass is 343 g/mol. The van der Waals surface area contributed by atoms with Crippen LogP contribution in [0.2, 0.25) is 0 Å². The molecule has 2 aromatic rings. The van der Waals surface area contributed by atoms with Gasteiger partial charge in [0.25, 0.3) is 5.91 Å². The van der Waals surface area contributed by atoms with Gasteiger partial charge in [-0.3, -0.25) is 4.79 Å². The first-order valence-corrected chi connectivity index (χ1v) is 8.79. The van der Waals surface area contributed by atoms with E-state index >= 15 is 0 Å². The van der Waals surface area contributed by atoms with Crippen molar-refractivity contribution in [1.82, 2.24) is 14.8 Å². The summed E-state index contributed by atoms with van der Waals surface area (Å²) in [7, 11) is 1.92. The molecule has 1 aliphatic rings. The molecule has 0 spiro atoms. The molecular formula is C19H25N3O3. The smallest absolute Gasteiger partial charge is 0.409 e. The summed E-state index contributed by atoms with van der Waals surface area (Å²) in [6.07, 6.45) is 1.22. The predicted molar refractivity (Wildman–Crippen MR) is 96.7 cm³/mol. The Morgan fingerprint density at radius 1 is 1.28 bits per heavy atom. The summed E-state index contributed by atoms with van der Waals surface area (Å²) < 4.78 is 6.98. The lowest BCUT2D eigenvalue weighted by atomic mass is 10.1. The van der Waals surface area contributed by atoms with Crippen LogP contribution < -0.4 is 5.32 Å². The molecule has 1 N–H and O–H groups in total. The molecule has 25 heavy (non-hydrogen) atoms. The van der Waals surface area contributed by atoms with Crippen LogP contribution in [0.3, 0.4) is 0 Å². The molecule has 0 atom stereocenters. The molecule has 2 amide bonds. The van der Waals surface area contributed by atoms with Gasteiger partial charge in [0, 0.05) is 31.6 Å². The van der Waals surface area contributed by atoms with Crippen molar-refractivity contribution in [1.29, 1.82) is 0 Å². The fourth-order valence-electron chi connectivity index (χ4n) is 3.52. The molecule has 1 aromatic carbocycles. The second-order valence-corrected chi connectivity index (χ2v) is 6.54. The van der Waals surface area contributed by atoms with Gasteiger partial charge in [-0.05, 0) is 38.3 Å². The number of rotatable bonds is 3. The molecule has 0 aliphatic carbocycles. The number of nitrogens with one attached hydrogen (secondary N) is 1. The lowest BCUT2D eigenvalue weighted by Gasteiger charge is -2.31. The molecule has 1 saturated heterocycles. The number of carbonyl (C=O) groups excluding carboxylic acids is 2. The molecule has 0 radical (unpaired) electrons. The first-order chi connectivity index (χ1) is 12.0. The third kappa shape index (κ3) is 3.48. The summed E-state index contributed by atoms with van der Waals surface area (Å²) in [5.74, 6) is -0.0623. The van der Waals surface area contributed by atoms with Gasteiger partial charge in [-0.2, -0.15) is 0 Å². The van der Waals surface area contributed by atoms with E-state index in [0.29, 0.717) is 25.4 Å². The maximum atomic E-state index is 12.7. The number of hydrogen-bond acceptors (Lipinski definition) is 3. The fourth-order valence-corrected chi connectivity index (χ4v) is 3.52. The van der Waals surface area contributed by atoms with Crippen molar-refractivity contribution >= 4 is 22.9 Å². The van der Waals surface area contributed by atoms with E-state index in [2.05, 4.69) is 18.3 Å². The predicted octanol–water partition coefficient (Wildman–Crippen LogP) is 2.84. The van der Waals surface area contributed by atoms with Gasteiger partial charge in [0.15, 0.2) is 0 Å². The SMILES string of the molecule is CCOC(=O)N1CCC(NC(=O)c2cc3cccc(C)c3n2C)CC1. The van der Waals surface area contributed by atoms with Crippen molar-refractivity contribution < 1.29 is 14.3 Å². The number of aryl methyl sites for hydroxylation is 2. The Bertz CT molecular complexity index is 789. The van der Waals surface area contributed by atoms with Crippen LogP contribution in [-0.4, -0.2) is 47.2 Å². The summed E-state index contributed by atoms with van der Waals surface area (Å²) in [5.41, 5.74) is 2.91. The average molecular weight is 343 g/mol. The number of ether oxygens (including phenoxy) is 1. The van der Waals surface area contributed by atoms with Crippen LogP contribution in [0.15, 0.2) is 24.3 Å². The molecule has 3 rings (SSSR count). The van der Waals surface area contributed by atoms with Gasteiger partial charge >= 0.3 is 6.09 Å². The van der Waals surface area contributed by atoms with Gasteiger partial charge < -0.3 is 19.5 Å². The second-order valence-electron chi connectivity index (χ2n) is 6.54. The van der Waals surface area contributed by atoms with Crippen LogP contribution >= 0.6 is 0 Å². The van der Waals surface area contributed by atoms with Gasteiger partial charge in [-0.25, -0.2) is 4.79 Å². The molecule has 1 aromatic heterocycles. The molecule has 0 bridgehead atoms. The Labute approximate surface area is 147 Å². The molecule has 134 valence electrons. The molecular weight excluding hydrogens is 318 g/mol. The Kier molecular flexibility index (Phi) is 4.97. The zero-order valence-corrected chi connectivity index (χ0v) is 15.0. The summed E-state index contributed by atoms with van der Waals surface area (Å²) in [6.45, 7) is 5.46. The van der Waals surface area contributed by atoms with E-state index in [1.54, 1.807) is 11.8 Å². The third-order valence-corrected chi connectivity index (χ3v) is 4.85. The van der Waals surface area contributed by atoms with Crippen LogP contribution in [0.1, 0.15) is 35.8 Å². The fraction of sp³-hybridized carbons (Fsp3) is 0.474. The Hall–Kier alpha value is -2.50. The van der Waals surface area contributed by atoms with Crippen LogP contribution in [-0.2, 0) is 11.8 Å². The van der Waals surface area contributed by atoms with E-state index in [1.165, 1.54) is 0 Å². The Morgan fingerprint density at radius 2 is 2.00 bits per heavy atom. The van der Waals surface area contributed by atoms with Crippen molar-refractivity contribution in [2.24, 2.45) is 7.05 Å². The highest BCUT2D eigenvalue weighted by molar-refractivity contribution is 5.99. The van der Waals surface area contributed by atoms with Crippen molar-refractivity contribution in [2.75, 3.05) is 19.7 Å². The summed E-state index contributed by atoms with van der Waals surface area (Å²) in [4.78, 5) is 26.1. The van der Waals surface area contributed by atoms with E-state index in [-0.39, 0.29) is 18.0 Å². The zero-order chi connectivity index (χ0) is 18.0. The number of hydrogen-bond donors (Lipinski definition) is 1. The number of piperidine rings is 1. The largest absolute Gasteiger partial charge is 0.450 e. The number of benzene rings is 1. The highest BCUT2D eigenvalue weighted by Crippen LogP contribution is 2.22. The third-order valence-electron chi connectivity index (χ3n) is 4.85. The molecule has 6 heteroatoms. The number of nitrogens with zero attached hydrogens (tertiary/aromatic N) is 2. The molecule has 1 fully saturated rings. The topological polar surface area (TPSA) is 63.6 Å². The number of likely N-dealkylation sites (tertiary alicyclic amines) is 1. The van der Waals surface area contributed by atoms with Crippen molar-refractivity contribution in [2.45, 2.75) is 32.7 Å². The van der Waals surface area contributed by atoms with E-state index in [4.69, 9.17) is 4.74 Å². The van der Waals surface area contributed by atoms with Crippen LogP contribution in [0.4, 0.5) is 4.79 Å². The van der Waals surface area contributed by atoms with E-state index in [0.717, 1.165) is 29.3 Å². The molecule has 1 aliphatic heterocycles. The lowest BCUT2D eigenvalue weighted by molar-refractivity contribution is 0.0855. The highest BCUT2D eigenvalue weighted by atomic mass is 16.6. The minimum absolute atomic E-state index is 0.0623. The van der Waals surface area contributed by atoms with E-state index < -0.39 is 0 Å². The maximum absolute atomic E-state index is 12.7. The lowest BCUT2D eigenvalue weighted by Crippen LogP contribution is -2.46. The van der Waals surface area contributed by atoms with Crippen LogP contribution in [0.5, 0.6) is 0 Å². The Balaban J connectivity index is 1.65. The quantitative estimate of drug-likeness (QED) is 0.932. The van der Waals surface area contributed by atoms with Crippen molar-refractivity contribution in [3.63, 3.8) is 0 Å². The normalized spacial score (nSPS) is 15.4. The van der Waals surface area contributed by atoms with Gasteiger partial charge in [-0.15, -0.1) is 0 Å². The summed E-state index contributed by atoms with van der Waals surface area (Å²) >= 11 is 0. The van der Waals surface area contributed by atoms with Gasteiger partial charge in [0.2, 0.25) is 0 Å². The number of para-hydroxylation sites is 1. The number of fused-ring (bicyclic) bond motifs is 1. The van der Waals surface area contributed by atoms with E-state index in [1.807, 2.05) is 29.8 Å². The standard InChI is InChI=1S/C19H25N3O3/c1-4-25-19(24)22-10-8-15(9-11-22)20-18(23)16-12-14-7-5-6-13(2)17(14)21(16)3/h5-7,12,15H,4,8-11H2,1-3H3,(H,20,23). The Morgan fingerprint density at radius 3 is 2.64 bits per heavy atom. The first kappa shape index (κ1) is 17.3. The van der Waals surface area contributed by atoms with Crippen LogP contribution in [0.25, 0.3) is 10.9 Å². The first-order valence-electron chi connectivity index (χ1n) is 8.79. The van der Waals surface area contributed by atoms with Gasteiger partial charge in [0.05, 0.1) is 12.1 Å². The minimum Gasteiger partial charge on any atom is -0.450 e. The summed E-state index contributed by atoms with van der Waals surface area (Å²) in [5, 5.41) is 4.18. The molecule has 0 saturated carbocycles. The van der Waals surface area contributed by atoms with Crippen molar-refractivity contribution in [3.05, 3.63) is 35.5 Å². The number of carbonyl (C=O) groups is 2. The average Bonchev–Trinajstić information content (AvgIpc) is 2.94. The van der Waals surface area contributed by atoms with Gasteiger partial charge in [-0.1, -0.05) is 18.2 Å². The van der Waals surface area contributed by atoms with Crippen molar-refractivity contribution in [3.8, 4) is 0 Å². The number of aromatic nitrogens is 1. The molecule has 2 heterocycles. The minimum atomic E-state index is -0.267. The second kappa shape index (κ2) is 7.17. The van der Waals surface area contributed by atoms with Gasteiger partial charge in [0.1, 0.15) is 5.69 Å².